The Morgan fingerprint density at radius 3 is 2.36 bits per heavy atom. The quantitative estimate of drug-likeness (QED) is 0.511. The number of likely N-dealkylation sites (tertiary alicyclic amines) is 1. The van der Waals surface area contributed by atoms with E-state index in [-0.39, 0.29) is 31.1 Å². The molecule has 0 aliphatic carbocycles. The maximum Gasteiger partial charge on any atom is 0.261 e. The lowest BCUT2D eigenvalue weighted by Gasteiger charge is -2.36. The van der Waals surface area contributed by atoms with Crippen LogP contribution in [0.5, 0.6) is 17.2 Å². The molecule has 1 unspecified atom stereocenters. The zero-order valence-corrected chi connectivity index (χ0v) is 19.9. The molecule has 0 spiro atoms. The number of piperidine rings is 1. The lowest BCUT2D eigenvalue weighted by atomic mass is 9.91. The Morgan fingerprint density at radius 2 is 1.64 bits per heavy atom. The van der Waals surface area contributed by atoms with Gasteiger partial charge in [-0.3, -0.25) is 14.5 Å². The van der Waals surface area contributed by atoms with Gasteiger partial charge < -0.3 is 24.2 Å². The van der Waals surface area contributed by atoms with E-state index in [9.17, 15) is 14.7 Å². The fourth-order valence-corrected chi connectivity index (χ4v) is 5.37. The van der Waals surface area contributed by atoms with Gasteiger partial charge in [0.1, 0.15) is 18.5 Å². The van der Waals surface area contributed by atoms with Crippen LogP contribution in [0, 0.1) is 5.92 Å². The number of nitrogens with zero attached hydrogens (tertiary/aromatic N) is 2. The predicted molar refractivity (Wildman–Crippen MR) is 133 cm³/mol. The zero-order chi connectivity index (χ0) is 24.6. The van der Waals surface area contributed by atoms with Gasteiger partial charge in [-0.1, -0.05) is 24.3 Å². The number of aliphatic hydroxyl groups is 1. The molecule has 6 rings (SSSR count). The summed E-state index contributed by atoms with van der Waals surface area (Å²) in [5.74, 6) is 1.80. The summed E-state index contributed by atoms with van der Waals surface area (Å²) in [6, 6.07) is 16.6. The SMILES string of the molecule is O=C1c2cccc3cccc(c23)C(=O)N1CC1CCN(CC(O)COc2ccc3c(c2)OCO3)CC1. The normalized spacial score (nSPS) is 18.6. The van der Waals surface area contributed by atoms with E-state index in [1.54, 1.807) is 18.2 Å². The van der Waals surface area contributed by atoms with Crippen molar-refractivity contribution in [1.82, 2.24) is 9.80 Å². The van der Waals surface area contributed by atoms with Gasteiger partial charge >= 0.3 is 0 Å². The van der Waals surface area contributed by atoms with Crippen LogP contribution < -0.4 is 14.2 Å². The van der Waals surface area contributed by atoms with Crippen LogP contribution in [0.1, 0.15) is 33.6 Å². The summed E-state index contributed by atoms with van der Waals surface area (Å²) >= 11 is 0. The second-order valence-electron chi connectivity index (χ2n) is 9.65. The minimum Gasteiger partial charge on any atom is -0.491 e. The summed E-state index contributed by atoms with van der Waals surface area (Å²) in [4.78, 5) is 30.0. The van der Waals surface area contributed by atoms with Crippen molar-refractivity contribution in [1.29, 1.82) is 0 Å². The van der Waals surface area contributed by atoms with Gasteiger partial charge in [0, 0.05) is 35.7 Å². The average molecular weight is 489 g/mol. The summed E-state index contributed by atoms with van der Waals surface area (Å²) in [6.07, 6.45) is 1.09. The molecule has 3 aliphatic heterocycles. The molecule has 36 heavy (non-hydrogen) atoms. The van der Waals surface area contributed by atoms with E-state index >= 15 is 0 Å². The molecule has 3 aromatic carbocycles. The number of carbonyl (C=O) groups is 2. The number of fused-ring (bicyclic) bond motifs is 1. The van der Waals surface area contributed by atoms with Crippen LogP contribution >= 0.6 is 0 Å². The highest BCUT2D eigenvalue weighted by molar-refractivity contribution is 6.25. The van der Waals surface area contributed by atoms with Gasteiger partial charge in [0.15, 0.2) is 11.5 Å². The van der Waals surface area contributed by atoms with Crippen LogP contribution in [-0.2, 0) is 0 Å². The first kappa shape index (κ1) is 22.8. The highest BCUT2D eigenvalue weighted by Crippen LogP contribution is 2.35. The molecule has 0 radical (unpaired) electrons. The molecule has 0 saturated carbocycles. The van der Waals surface area contributed by atoms with Gasteiger partial charge in [0.2, 0.25) is 6.79 Å². The number of benzene rings is 3. The lowest BCUT2D eigenvalue weighted by Crippen LogP contribution is -2.46. The standard InChI is InChI=1S/C28H28N2O6/c31-20(16-34-21-7-8-24-25(13-21)36-17-35-24)15-29-11-9-18(10-12-29)14-30-27(32)22-5-1-3-19-4-2-6-23(26(19)22)28(30)33/h1-8,13,18,20,31H,9-12,14-17H2. The summed E-state index contributed by atoms with van der Waals surface area (Å²) in [7, 11) is 0. The highest BCUT2D eigenvalue weighted by atomic mass is 16.7. The number of rotatable bonds is 7. The van der Waals surface area contributed by atoms with Gasteiger partial charge in [0.05, 0.1) is 0 Å². The van der Waals surface area contributed by atoms with Crippen molar-refractivity contribution in [3.8, 4) is 17.2 Å². The van der Waals surface area contributed by atoms with E-state index in [0.29, 0.717) is 41.5 Å². The number of ether oxygens (including phenoxy) is 3. The molecule has 3 aromatic rings. The molecule has 0 bridgehead atoms. The molecule has 8 nitrogen and oxygen atoms in total. The number of amides is 2. The number of imide groups is 1. The van der Waals surface area contributed by atoms with Crippen LogP contribution in [-0.4, -0.2) is 72.4 Å². The second kappa shape index (κ2) is 9.44. The van der Waals surface area contributed by atoms with E-state index in [0.717, 1.165) is 36.7 Å². The Kier molecular flexibility index (Phi) is 5.99. The number of carbonyl (C=O) groups excluding carboxylic acids is 2. The fraction of sp³-hybridized carbons (Fsp3) is 0.357. The molecule has 1 saturated heterocycles. The number of β-amino-alcohol motifs (C(OH)–C–C–N with tert-alkyl or cyclic N) is 1. The van der Waals surface area contributed by atoms with Crippen molar-refractivity contribution < 1.29 is 28.9 Å². The van der Waals surface area contributed by atoms with Crippen molar-refractivity contribution in [3.63, 3.8) is 0 Å². The maximum atomic E-state index is 13.2. The van der Waals surface area contributed by atoms with Gasteiger partial charge in [-0.05, 0) is 61.5 Å². The Balaban J connectivity index is 1.01. The largest absolute Gasteiger partial charge is 0.491 e. The molecule has 3 aliphatic rings. The second-order valence-corrected chi connectivity index (χ2v) is 9.65. The van der Waals surface area contributed by atoms with E-state index < -0.39 is 6.10 Å². The van der Waals surface area contributed by atoms with Crippen LogP contribution in [0.15, 0.2) is 54.6 Å². The Labute approximate surface area is 209 Å². The van der Waals surface area contributed by atoms with Crippen molar-refractivity contribution in [2.24, 2.45) is 5.92 Å². The highest BCUT2D eigenvalue weighted by Gasteiger charge is 2.35. The van der Waals surface area contributed by atoms with E-state index in [1.165, 1.54) is 4.90 Å². The molecule has 1 atom stereocenters. The third-order valence-electron chi connectivity index (χ3n) is 7.26. The van der Waals surface area contributed by atoms with E-state index in [4.69, 9.17) is 14.2 Å². The molecular weight excluding hydrogens is 460 g/mol. The van der Waals surface area contributed by atoms with Crippen LogP contribution in [0.2, 0.25) is 0 Å². The smallest absolute Gasteiger partial charge is 0.261 e. The van der Waals surface area contributed by atoms with Crippen LogP contribution in [0.3, 0.4) is 0 Å². The molecule has 2 amide bonds. The first-order chi connectivity index (χ1) is 17.6. The van der Waals surface area contributed by atoms with Gasteiger partial charge in [-0.25, -0.2) is 0 Å². The minimum absolute atomic E-state index is 0.182. The molecule has 3 heterocycles. The van der Waals surface area contributed by atoms with E-state index in [2.05, 4.69) is 4.90 Å². The van der Waals surface area contributed by atoms with Crippen molar-refractivity contribution >= 4 is 22.6 Å². The lowest BCUT2D eigenvalue weighted by molar-refractivity contribution is 0.0453. The Bertz CT molecular complexity index is 1270. The van der Waals surface area contributed by atoms with Crippen LogP contribution in [0.25, 0.3) is 10.8 Å². The predicted octanol–water partition coefficient (Wildman–Crippen LogP) is 3.32. The molecule has 1 N–H and O–H groups in total. The maximum absolute atomic E-state index is 13.2. The third-order valence-corrected chi connectivity index (χ3v) is 7.26. The number of hydrogen-bond acceptors (Lipinski definition) is 7. The molecule has 1 fully saturated rings. The Hall–Kier alpha value is -3.62. The average Bonchev–Trinajstić information content (AvgIpc) is 3.37. The first-order valence-corrected chi connectivity index (χ1v) is 12.4. The Morgan fingerprint density at radius 1 is 0.944 bits per heavy atom. The van der Waals surface area contributed by atoms with Crippen molar-refractivity contribution in [2.45, 2.75) is 18.9 Å². The summed E-state index contributed by atoms with van der Waals surface area (Å²) in [5.41, 5.74) is 1.21. The summed E-state index contributed by atoms with van der Waals surface area (Å²) in [5, 5.41) is 12.2. The fourth-order valence-electron chi connectivity index (χ4n) is 5.37. The summed E-state index contributed by atoms with van der Waals surface area (Å²) < 4.78 is 16.4. The monoisotopic (exact) mass is 488 g/mol. The molecular formula is C28H28N2O6. The van der Waals surface area contributed by atoms with Gasteiger partial charge in [0.25, 0.3) is 11.8 Å². The van der Waals surface area contributed by atoms with Gasteiger partial charge in [-0.15, -0.1) is 0 Å². The van der Waals surface area contributed by atoms with Crippen molar-refractivity contribution in [3.05, 3.63) is 65.7 Å². The molecule has 0 aromatic heterocycles. The molecule has 8 heteroatoms. The summed E-state index contributed by atoms with van der Waals surface area (Å²) in [6.45, 7) is 2.92. The first-order valence-electron chi connectivity index (χ1n) is 12.4. The van der Waals surface area contributed by atoms with Crippen molar-refractivity contribution in [2.75, 3.05) is 39.6 Å². The number of hydrogen-bond donors (Lipinski definition) is 1. The third kappa shape index (κ3) is 4.27. The van der Waals surface area contributed by atoms with Gasteiger partial charge in [-0.2, -0.15) is 0 Å². The number of aliphatic hydroxyl groups excluding tert-OH is 1. The van der Waals surface area contributed by atoms with Crippen LogP contribution in [0.4, 0.5) is 0 Å². The zero-order valence-electron chi connectivity index (χ0n) is 19.9. The van der Waals surface area contributed by atoms with E-state index in [1.807, 2.05) is 36.4 Å². The molecule has 186 valence electrons. The minimum atomic E-state index is -0.630. The topological polar surface area (TPSA) is 88.5 Å².